The van der Waals surface area contributed by atoms with Crippen molar-refractivity contribution in [1.29, 1.82) is 0 Å². The van der Waals surface area contributed by atoms with Crippen molar-refractivity contribution < 1.29 is 14.3 Å². The quantitative estimate of drug-likeness (QED) is 0.749. The second kappa shape index (κ2) is 9.71. The molecule has 2 N–H and O–H groups in total. The number of ether oxygens (including phenoxy) is 1. The van der Waals surface area contributed by atoms with Gasteiger partial charge in [0.15, 0.2) is 0 Å². The highest BCUT2D eigenvalue weighted by Gasteiger charge is 2.26. The largest absolute Gasteiger partial charge is 0.494 e. The molecule has 2 amide bonds. The van der Waals surface area contributed by atoms with Gasteiger partial charge in [0.25, 0.3) is 5.91 Å². The molecule has 1 aromatic carbocycles. The molecule has 0 bridgehead atoms. The SMILES string of the molecule is CCOc1ccc(C(=O)NC(C(=O)NC(C)c2ccncc2)C(C)C)cc1. The molecule has 0 radical (unpaired) electrons. The van der Waals surface area contributed by atoms with Crippen LogP contribution in [0.15, 0.2) is 48.8 Å². The van der Waals surface area contributed by atoms with Gasteiger partial charge >= 0.3 is 0 Å². The average molecular weight is 369 g/mol. The van der Waals surface area contributed by atoms with Crippen LogP contribution in [-0.2, 0) is 4.79 Å². The molecule has 27 heavy (non-hydrogen) atoms. The average Bonchev–Trinajstić information content (AvgIpc) is 2.67. The number of nitrogens with one attached hydrogen (secondary N) is 2. The second-order valence-corrected chi connectivity index (χ2v) is 6.66. The zero-order valence-corrected chi connectivity index (χ0v) is 16.2. The van der Waals surface area contributed by atoms with E-state index in [4.69, 9.17) is 4.74 Å². The van der Waals surface area contributed by atoms with Crippen molar-refractivity contribution in [2.24, 2.45) is 5.92 Å². The molecule has 0 saturated carbocycles. The minimum atomic E-state index is -0.631. The Morgan fingerprint density at radius 2 is 1.63 bits per heavy atom. The van der Waals surface area contributed by atoms with Crippen LogP contribution in [0.4, 0.5) is 0 Å². The number of hydrogen-bond acceptors (Lipinski definition) is 4. The number of pyridine rings is 1. The third-order valence-corrected chi connectivity index (χ3v) is 4.23. The summed E-state index contributed by atoms with van der Waals surface area (Å²) in [4.78, 5) is 29.2. The molecule has 2 aromatic rings. The number of carbonyl (C=O) groups excluding carboxylic acids is 2. The van der Waals surface area contributed by atoms with E-state index in [1.165, 1.54) is 0 Å². The van der Waals surface area contributed by atoms with E-state index in [2.05, 4.69) is 15.6 Å². The summed E-state index contributed by atoms with van der Waals surface area (Å²) in [5, 5.41) is 5.80. The molecule has 1 aromatic heterocycles. The molecule has 6 nitrogen and oxygen atoms in total. The lowest BCUT2D eigenvalue weighted by Crippen LogP contribution is -2.50. The summed E-state index contributed by atoms with van der Waals surface area (Å²) in [5.41, 5.74) is 1.44. The molecule has 1 heterocycles. The first kappa shape index (κ1) is 20.4. The molecule has 2 rings (SSSR count). The van der Waals surface area contributed by atoms with Crippen LogP contribution in [0.3, 0.4) is 0 Å². The zero-order chi connectivity index (χ0) is 19.8. The predicted molar refractivity (Wildman–Crippen MR) is 104 cm³/mol. The number of benzene rings is 1. The van der Waals surface area contributed by atoms with Crippen LogP contribution in [0.1, 0.15) is 49.7 Å². The normalized spacial score (nSPS) is 12.9. The summed E-state index contributed by atoms with van der Waals surface area (Å²) in [7, 11) is 0. The van der Waals surface area contributed by atoms with Crippen molar-refractivity contribution in [3.63, 3.8) is 0 Å². The van der Waals surface area contributed by atoms with Gasteiger partial charge in [-0.25, -0.2) is 0 Å². The lowest BCUT2D eigenvalue weighted by atomic mass is 10.0. The van der Waals surface area contributed by atoms with Crippen LogP contribution >= 0.6 is 0 Å². The van der Waals surface area contributed by atoms with Crippen LogP contribution < -0.4 is 15.4 Å². The van der Waals surface area contributed by atoms with Gasteiger partial charge in [-0.15, -0.1) is 0 Å². The molecule has 0 aliphatic heterocycles. The Hall–Kier alpha value is -2.89. The number of hydrogen-bond donors (Lipinski definition) is 2. The summed E-state index contributed by atoms with van der Waals surface area (Å²) in [6, 6.07) is 9.77. The smallest absolute Gasteiger partial charge is 0.251 e. The first-order valence-electron chi connectivity index (χ1n) is 9.16. The van der Waals surface area contributed by atoms with Crippen molar-refractivity contribution in [1.82, 2.24) is 15.6 Å². The highest BCUT2D eigenvalue weighted by molar-refractivity contribution is 5.97. The van der Waals surface area contributed by atoms with Gasteiger partial charge in [0.1, 0.15) is 11.8 Å². The van der Waals surface area contributed by atoms with Crippen molar-refractivity contribution >= 4 is 11.8 Å². The third kappa shape index (κ3) is 5.81. The predicted octanol–water partition coefficient (Wildman–Crippen LogP) is 3.11. The lowest BCUT2D eigenvalue weighted by Gasteiger charge is -2.24. The molecule has 2 unspecified atom stereocenters. The Morgan fingerprint density at radius 1 is 1.00 bits per heavy atom. The van der Waals surface area contributed by atoms with E-state index >= 15 is 0 Å². The zero-order valence-electron chi connectivity index (χ0n) is 16.2. The van der Waals surface area contributed by atoms with Crippen LogP contribution in [0.25, 0.3) is 0 Å². The number of aromatic nitrogens is 1. The van der Waals surface area contributed by atoms with E-state index in [0.29, 0.717) is 17.9 Å². The summed E-state index contributed by atoms with van der Waals surface area (Å²) in [6.07, 6.45) is 3.37. The Kier molecular flexibility index (Phi) is 7.34. The van der Waals surface area contributed by atoms with Gasteiger partial charge in [0.2, 0.25) is 5.91 Å². The fourth-order valence-corrected chi connectivity index (χ4v) is 2.67. The fourth-order valence-electron chi connectivity index (χ4n) is 2.67. The highest BCUT2D eigenvalue weighted by atomic mass is 16.5. The topological polar surface area (TPSA) is 80.3 Å². The van der Waals surface area contributed by atoms with Gasteiger partial charge in [-0.1, -0.05) is 13.8 Å². The Balaban J connectivity index is 2.03. The van der Waals surface area contributed by atoms with E-state index in [1.54, 1.807) is 36.7 Å². The van der Waals surface area contributed by atoms with Crippen molar-refractivity contribution in [3.05, 3.63) is 59.9 Å². The second-order valence-electron chi connectivity index (χ2n) is 6.66. The summed E-state index contributed by atoms with van der Waals surface area (Å²) in [5.74, 6) is 0.150. The maximum Gasteiger partial charge on any atom is 0.251 e. The van der Waals surface area contributed by atoms with Gasteiger partial charge < -0.3 is 15.4 Å². The maximum atomic E-state index is 12.7. The van der Waals surface area contributed by atoms with Gasteiger partial charge in [-0.05, 0) is 61.7 Å². The first-order chi connectivity index (χ1) is 12.9. The Bertz CT molecular complexity index is 745. The molecular formula is C21H27N3O3. The van der Waals surface area contributed by atoms with Crippen LogP contribution in [0.5, 0.6) is 5.75 Å². The highest BCUT2D eigenvalue weighted by Crippen LogP contribution is 2.14. The molecule has 0 saturated heterocycles. The number of carbonyl (C=O) groups is 2. The summed E-state index contributed by atoms with van der Waals surface area (Å²) in [6.45, 7) is 8.18. The Labute approximate surface area is 160 Å². The molecule has 6 heteroatoms. The van der Waals surface area contributed by atoms with Gasteiger partial charge in [-0.3, -0.25) is 14.6 Å². The number of amides is 2. The van der Waals surface area contributed by atoms with Gasteiger partial charge in [0.05, 0.1) is 12.6 Å². The summed E-state index contributed by atoms with van der Waals surface area (Å²) < 4.78 is 5.38. The van der Waals surface area contributed by atoms with Gasteiger partial charge in [-0.2, -0.15) is 0 Å². The van der Waals surface area contributed by atoms with E-state index in [-0.39, 0.29) is 23.8 Å². The lowest BCUT2D eigenvalue weighted by molar-refractivity contribution is -0.124. The van der Waals surface area contributed by atoms with E-state index in [1.807, 2.05) is 39.8 Å². The molecule has 0 spiro atoms. The van der Waals surface area contributed by atoms with Crippen molar-refractivity contribution in [2.75, 3.05) is 6.61 Å². The van der Waals surface area contributed by atoms with Crippen LogP contribution in [0, 0.1) is 5.92 Å². The monoisotopic (exact) mass is 369 g/mol. The molecule has 0 aliphatic carbocycles. The van der Waals surface area contributed by atoms with E-state index < -0.39 is 6.04 Å². The first-order valence-corrected chi connectivity index (χ1v) is 9.16. The number of rotatable bonds is 8. The van der Waals surface area contributed by atoms with Crippen molar-refractivity contribution in [3.8, 4) is 5.75 Å². The van der Waals surface area contributed by atoms with Gasteiger partial charge in [0, 0.05) is 18.0 Å². The van der Waals surface area contributed by atoms with E-state index in [0.717, 1.165) is 5.56 Å². The standard InChI is InChI=1S/C21H27N3O3/c1-5-27-18-8-6-17(7-9-18)20(25)24-19(14(2)3)21(26)23-15(4)16-10-12-22-13-11-16/h6-15,19H,5H2,1-4H3,(H,23,26)(H,24,25). The Morgan fingerprint density at radius 3 is 2.19 bits per heavy atom. The van der Waals surface area contributed by atoms with Crippen LogP contribution in [0.2, 0.25) is 0 Å². The number of nitrogens with zero attached hydrogens (tertiary/aromatic N) is 1. The fraction of sp³-hybridized carbons (Fsp3) is 0.381. The maximum absolute atomic E-state index is 12.7. The minimum Gasteiger partial charge on any atom is -0.494 e. The molecular weight excluding hydrogens is 342 g/mol. The van der Waals surface area contributed by atoms with Crippen molar-refractivity contribution in [2.45, 2.75) is 39.8 Å². The summed E-state index contributed by atoms with van der Waals surface area (Å²) >= 11 is 0. The molecule has 2 atom stereocenters. The van der Waals surface area contributed by atoms with E-state index in [9.17, 15) is 9.59 Å². The van der Waals surface area contributed by atoms with Crippen LogP contribution in [-0.4, -0.2) is 29.4 Å². The molecule has 0 fully saturated rings. The minimum absolute atomic E-state index is 0.0544. The molecule has 144 valence electrons. The molecule has 0 aliphatic rings. The third-order valence-electron chi connectivity index (χ3n) is 4.23.